The molecule has 1 aromatic rings. The first-order valence-corrected chi connectivity index (χ1v) is 7.46. The van der Waals surface area contributed by atoms with Crippen molar-refractivity contribution >= 4 is 12.4 Å². The van der Waals surface area contributed by atoms with E-state index in [1.165, 1.54) is 0 Å². The topological polar surface area (TPSA) is 15.3 Å². The molecule has 0 aromatic heterocycles. The van der Waals surface area contributed by atoms with Crippen molar-refractivity contribution in [2.75, 3.05) is 26.2 Å². The van der Waals surface area contributed by atoms with Gasteiger partial charge in [-0.3, -0.25) is 4.90 Å². The van der Waals surface area contributed by atoms with Crippen molar-refractivity contribution in [2.24, 2.45) is 0 Å². The van der Waals surface area contributed by atoms with Crippen LogP contribution in [0.3, 0.4) is 0 Å². The normalized spacial score (nSPS) is 17.9. The summed E-state index contributed by atoms with van der Waals surface area (Å²) in [6.45, 7) is 1.52. The standard InChI is InChI=1S/C15H17F7N2.ClH/c16-10-1-2-12(15(20,21)22)11(9-10)13(3-4-14(17,18)19)24-7-5-23-6-8-24;/h1-2,9,13,23H,3-8H2;1H/t13-;/m1./s1. The molecule has 1 aliphatic rings. The molecule has 25 heavy (non-hydrogen) atoms. The highest BCUT2D eigenvalue weighted by Gasteiger charge is 2.38. The number of benzene rings is 1. The maximum Gasteiger partial charge on any atom is 0.416 e. The molecule has 1 aromatic carbocycles. The summed E-state index contributed by atoms with van der Waals surface area (Å²) < 4.78 is 90.9. The summed E-state index contributed by atoms with van der Waals surface area (Å²) in [7, 11) is 0. The zero-order valence-electron chi connectivity index (χ0n) is 13.1. The lowest BCUT2D eigenvalue weighted by Crippen LogP contribution is -2.45. The minimum absolute atomic E-state index is 0. The van der Waals surface area contributed by atoms with Gasteiger partial charge in [0, 0.05) is 38.6 Å². The highest BCUT2D eigenvalue weighted by Crippen LogP contribution is 2.39. The van der Waals surface area contributed by atoms with E-state index >= 15 is 0 Å². The molecule has 1 atom stereocenters. The summed E-state index contributed by atoms with van der Waals surface area (Å²) in [6, 6.07) is 0.825. The lowest BCUT2D eigenvalue weighted by Gasteiger charge is -2.36. The molecule has 1 aliphatic heterocycles. The summed E-state index contributed by atoms with van der Waals surface area (Å²) in [4.78, 5) is 1.55. The fourth-order valence-electron chi connectivity index (χ4n) is 2.90. The average molecular weight is 395 g/mol. The van der Waals surface area contributed by atoms with Crippen molar-refractivity contribution in [3.8, 4) is 0 Å². The van der Waals surface area contributed by atoms with Crippen LogP contribution in [-0.4, -0.2) is 37.3 Å². The van der Waals surface area contributed by atoms with Crippen LogP contribution in [0, 0.1) is 5.82 Å². The van der Waals surface area contributed by atoms with E-state index in [0.29, 0.717) is 44.4 Å². The maximum atomic E-state index is 13.5. The Balaban J connectivity index is 0.00000312. The van der Waals surface area contributed by atoms with Crippen LogP contribution in [-0.2, 0) is 6.18 Å². The van der Waals surface area contributed by atoms with Gasteiger partial charge in [0.1, 0.15) is 5.82 Å². The zero-order chi connectivity index (χ0) is 18.0. The van der Waals surface area contributed by atoms with E-state index in [9.17, 15) is 30.7 Å². The molecule has 1 fully saturated rings. The Labute approximate surface area is 146 Å². The second-order valence-electron chi connectivity index (χ2n) is 5.68. The number of piperazine rings is 1. The highest BCUT2D eigenvalue weighted by molar-refractivity contribution is 5.85. The number of hydrogen-bond donors (Lipinski definition) is 1. The highest BCUT2D eigenvalue weighted by atomic mass is 35.5. The van der Waals surface area contributed by atoms with Gasteiger partial charge in [0.05, 0.1) is 5.56 Å². The molecule has 1 N–H and O–H groups in total. The molecule has 0 spiro atoms. The van der Waals surface area contributed by atoms with Crippen LogP contribution < -0.4 is 5.32 Å². The average Bonchev–Trinajstić information content (AvgIpc) is 2.46. The fraction of sp³-hybridized carbons (Fsp3) is 0.600. The van der Waals surface area contributed by atoms with Crippen LogP contribution in [0.5, 0.6) is 0 Å². The second kappa shape index (κ2) is 8.55. The van der Waals surface area contributed by atoms with Crippen LogP contribution in [0.1, 0.15) is 30.0 Å². The van der Waals surface area contributed by atoms with Crippen molar-refractivity contribution in [3.05, 3.63) is 35.1 Å². The van der Waals surface area contributed by atoms with Gasteiger partial charge < -0.3 is 5.32 Å². The quantitative estimate of drug-likeness (QED) is 0.753. The van der Waals surface area contributed by atoms with Crippen LogP contribution in [0.15, 0.2) is 18.2 Å². The van der Waals surface area contributed by atoms with Gasteiger partial charge in [0.25, 0.3) is 0 Å². The zero-order valence-corrected chi connectivity index (χ0v) is 13.9. The Morgan fingerprint density at radius 2 is 1.64 bits per heavy atom. The van der Waals surface area contributed by atoms with E-state index < -0.39 is 48.2 Å². The number of alkyl halides is 6. The first kappa shape index (κ1) is 22.0. The third-order valence-electron chi connectivity index (χ3n) is 3.97. The molecule has 2 nitrogen and oxygen atoms in total. The molecule has 0 saturated carbocycles. The first-order valence-electron chi connectivity index (χ1n) is 7.46. The number of nitrogens with one attached hydrogen (secondary N) is 1. The summed E-state index contributed by atoms with van der Waals surface area (Å²) in [6.07, 6.45) is -11.0. The lowest BCUT2D eigenvalue weighted by atomic mass is 9.94. The summed E-state index contributed by atoms with van der Waals surface area (Å²) in [5.74, 6) is -0.898. The molecule has 1 heterocycles. The van der Waals surface area contributed by atoms with Gasteiger partial charge in [0.15, 0.2) is 0 Å². The Morgan fingerprint density at radius 1 is 1.04 bits per heavy atom. The Morgan fingerprint density at radius 3 is 2.16 bits per heavy atom. The minimum Gasteiger partial charge on any atom is -0.314 e. The van der Waals surface area contributed by atoms with Crippen molar-refractivity contribution < 1.29 is 30.7 Å². The molecule has 1 saturated heterocycles. The molecular weight excluding hydrogens is 377 g/mol. The molecule has 10 heteroatoms. The van der Waals surface area contributed by atoms with Gasteiger partial charge in [0.2, 0.25) is 0 Å². The van der Waals surface area contributed by atoms with Crippen LogP contribution in [0.2, 0.25) is 0 Å². The van der Waals surface area contributed by atoms with Crippen LogP contribution in [0.4, 0.5) is 30.7 Å². The van der Waals surface area contributed by atoms with Crippen LogP contribution in [0.25, 0.3) is 0 Å². The van der Waals surface area contributed by atoms with Gasteiger partial charge >= 0.3 is 12.4 Å². The number of hydrogen-bond acceptors (Lipinski definition) is 2. The van der Waals surface area contributed by atoms with E-state index in [1.54, 1.807) is 4.90 Å². The molecule has 144 valence electrons. The van der Waals surface area contributed by atoms with Crippen molar-refractivity contribution in [3.63, 3.8) is 0 Å². The number of rotatable bonds is 4. The second-order valence-corrected chi connectivity index (χ2v) is 5.68. The number of nitrogens with zero attached hydrogens (tertiary/aromatic N) is 1. The van der Waals surface area contributed by atoms with Gasteiger partial charge in [-0.15, -0.1) is 12.4 Å². The Kier molecular flexibility index (Phi) is 7.52. The molecule has 0 aliphatic carbocycles. The van der Waals surface area contributed by atoms with Gasteiger partial charge in [-0.25, -0.2) is 4.39 Å². The number of halogens is 8. The largest absolute Gasteiger partial charge is 0.416 e. The molecular formula is C15H18ClF7N2. The lowest BCUT2D eigenvalue weighted by molar-refractivity contribution is -0.141. The van der Waals surface area contributed by atoms with Crippen molar-refractivity contribution in [2.45, 2.75) is 31.2 Å². The molecule has 0 radical (unpaired) electrons. The van der Waals surface area contributed by atoms with Crippen molar-refractivity contribution in [1.82, 2.24) is 10.2 Å². The van der Waals surface area contributed by atoms with E-state index in [2.05, 4.69) is 5.32 Å². The third-order valence-corrected chi connectivity index (χ3v) is 3.97. The summed E-state index contributed by atoms with van der Waals surface area (Å²) in [5.41, 5.74) is -1.52. The smallest absolute Gasteiger partial charge is 0.314 e. The van der Waals surface area contributed by atoms with Gasteiger partial charge in [-0.2, -0.15) is 26.3 Å². The van der Waals surface area contributed by atoms with Crippen molar-refractivity contribution in [1.29, 1.82) is 0 Å². The Bertz CT molecular complexity index is 554. The SMILES string of the molecule is Cl.Fc1ccc(C(F)(F)F)c([C@@H](CCC(F)(F)F)N2CCNCC2)c1. The maximum absolute atomic E-state index is 13.5. The first-order chi connectivity index (χ1) is 11.1. The third kappa shape index (κ3) is 6.31. The van der Waals surface area contributed by atoms with E-state index in [0.717, 1.165) is 0 Å². The molecule has 0 unspecified atom stereocenters. The van der Waals surface area contributed by atoms with Gasteiger partial charge in [-0.1, -0.05) is 0 Å². The van der Waals surface area contributed by atoms with E-state index in [1.807, 2.05) is 0 Å². The predicted molar refractivity (Wildman–Crippen MR) is 81.1 cm³/mol. The Hall–Kier alpha value is -1.06. The van der Waals surface area contributed by atoms with E-state index in [4.69, 9.17) is 0 Å². The fourth-order valence-corrected chi connectivity index (χ4v) is 2.90. The van der Waals surface area contributed by atoms with Gasteiger partial charge in [-0.05, 0) is 30.2 Å². The summed E-state index contributed by atoms with van der Waals surface area (Å²) in [5, 5.41) is 2.99. The molecule has 0 amide bonds. The van der Waals surface area contributed by atoms with Crippen LogP contribution >= 0.6 is 12.4 Å². The van der Waals surface area contributed by atoms with E-state index in [-0.39, 0.29) is 12.4 Å². The minimum atomic E-state index is -4.76. The summed E-state index contributed by atoms with van der Waals surface area (Å²) >= 11 is 0. The predicted octanol–water partition coefficient (Wildman–Crippen LogP) is 4.56. The molecule has 2 rings (SSSR count). The molecule has 0 bridgehead atoms. The monoisotopic (exact) mass is 394 g/mol.